The van der Waals surface area contributed by atoms with Crippen LogP contribution in [-0.4, -0.2) is 31.8 Å². The van der Waals surface area contributed by atoms with E-state index in [-0.39, 0.29) is 5.88 Å². The van der Waals surface area contributed by atoms with Crippen LogP contribution in [0.1, 0.15) is 38.5 Å². The Morgan fingerprint density at radius 3 is 2.59 bits per heavy atom. The molecule has 0 amide bonds. The molecule has 2 heterocycles. The molecule has 32 heavy (non-hydrogen) atoms. The van der Waals surface area contributed by atoms with Crippen LogP contribution in [0, 0.1) is 5.92 Å². The third-order valence-corrected chi connectivity index (χ3v) is 6.57. The minimum atomic E-state index is -0.105. The first-order valence-electron chi connectivity index (χ1n) is 11.2. The van der Waals surface area contributed by atoms with Crippen molar-refractivity contribution in [2.45, 2.75) is 38.5 Å². The maximum atomic E-state index is 10.7. The van der Waals surface area contributed by atoms with E-state index in [4.69, 9.17) is 16.6 Å². The summed E-state index contributed by atoms with van der Waals surface area (Å²) >= 11 is 6.47. The molecule has 164 valence electrons. The first-order chi connectivity index (χ1) is 15.7. The van der Waals surface area contributed by atoms with Gasteiger partial charge in [0.15, 0.2) is 5.82 Å². The summed E-state index contributed by atoms with van der Waals surface area (Å²) in [7, 11) is 0. The highest BCUT2D eigenvalue weighted by Crippen LogP contribution is 2.37. The van der Waals surface area contributed by atoms with E-state index in [2.05, 4.69) is 20.5 Å². The van der Waals surface area contributed by atoms with Gasteiger partial charge in [-0.3, -0.25) is 5.10 Å². The Morgan fingerprint density at radius 1 is 1.00 bits per heavy atom. The number of hydrogen-bond acceptors (Lipinski definition) is 5. The lowest BCUT2D eigenvalue weighted by Crippen LogP contribution is -2.13. The fraction of sp³-hybridized carbons (Fsp3) is 0.320. The van der Waals surface area contributed by atoms with Crippen LogP contribution in [0.5, 0.6) is 5.88 Å². The summed E-state index contributed by atoms with van der Waals surface area (Å²) < 4.78 is 0. The van der Waals surface area contributed by atoms with Crippen LogP contribution in [0.15, 0.2) is 48.7 Å². The van der Waals surface area contributed by atoms with Crippen LogP contribution in [0.2, 0.25) is 5.02 Å². The van der Waals surface area contributed by atoms with Crippen LogP contribution in [0.4, 0.5) is 5.82 Å². The number of hydrogen-bond donors (Lipinski definition) is 3. The highest BCUT2D eigenvalue weighted by molar-refractivity contribution is 6.35. The van der Waals surface area contributed by atoms with Crippen molar-refractivity contribution in [2.75, 3.05) is 11.9 Å². The molecular weight excluding hydrogens is 422 g/mol. The average Bonchev–Trinajstić information content (AvgIpc) is 3.31. The van der Waals surface area contributed by atoms with Crippen LogP contribution < -0.4 is 5.32 Å². The quantitative estimate of drug-likeness (QED) is 0.317. The van der Waals surface area contributed by atoms with E-state index < -0.39 is 0 Å². The van der Waals surface area contributed by atoms with Crippen LogP contribution >= 0.6 is 11.6 Å². The van der Waals surface area contributed by atoms with Crippen molar-refractivity contribution < 1.29 is 5.11 Å². The van der Waals surface area contributed by atoms with Gasteiger partial charge in [-0.2, -0.15) is 5.10 Å². The number of anilines is 1. The number of nitrogens with zero attached hydrogens (tertiary/aromatic N) is 3. The van der Waals surface area contributed by atoms with Crippen molar-refractivity contribution in [2.24, 2.45) is 5.92 Å². The van der Waals surface area contributed by atoms with Crippen LogP contribution in [0.3, 0.4) is 0 Å². The molecule has 0 bridgehead atoms. The number of fused-ring (bicyclic) bond motifs is 1. The zero-order chi connectivity index (χ0) is 21.9. The molecule has 5 rings (SSSR count). The average molecular weight is 448 g/mol. The summed E-state index contributed by atoms with van der Waals surface area (Å²) in [5, 5.41) is 22.4. The molecule has 1 saturated carbocycles. The summed E-state index contributed by atoms with van der Waals surface area (Å²) in [6.07, 6.45) is 9.40. The lowest BCUT2D eigenvalue weighted by Gasteiger charge is -2.21. The summed E-state index contributed by atoms with van der Waals surface area (Å²) in [4.78, 5) is 9.37. The molecule has 1 fully saturated rings. The van der Waals surface area contributed by atoms with Gasteiger partial charge in [-0.25, -0.2) is 9.97 Å². The molecule has 1 aliphatic carbocycles. The van der Waals surface area contributed by atoms with E-state index in [1.165, 1.54) is 32.1 Å². The maximum Gasteiger partial charge on any atom is 0.255 e. The second-order valence-electron chi connectivity index (χ2n) is 8.47. The van der Waals surface area contributed by atoms with Crippen molar-refractivity contribution in [3.05, 3.63) is 53.7 Å². The predicted octanol–water partition coefficient (Wildman–Crippen LogP) is 6.43. The van der Waals surface area contributed by atoms with Crippen molar-refractivity contribution in [1.82, 2.24) is 20.2 Å². The lowest BCUT2D eigenvalue weighted by atomic mass is 9.87. The van der Waals surface area contributed by atoms with Gasteiger partial charge in [0.25, 0.3) is 5.88 Å². The van der Waals surface area contributed by atoms with Gasteiger partial charge in [0, 0.05) is 23.1 Å². The molecule has 2 aromatic heterocycles. The van der Waals surface area contributed by atoms with E-state index in [0.29, 0.717) is 22.2 Å². The van der Waals surface area contributed by atoms with Gasteiger partial charge in [0.05, 0.1) is 22.4 Å². The molecule has 0 spiro atoms. The van der Waals surface area contributed by atoms with Crippen LogP contribution in [-0.2, 0) is 0 Å². The standard InChI is InChI=1S/C25H26ClN5O/c26-20-14-18(13-19-15-28-31-21(19)20)23-22(17-9-5-2-6-10-17)29-24(25(32)30-23)27-12-11-16-7-3-1-4-8-16/h2,5-6,9-10,13-16H,1,3-4,7-8,11-12H2,(H,27,29)(H,28,31)(H,30,32). The molecule has 4 aromatic rings. The molecule has 0 unspecified atom stereocenters. The number of halogens is 1. The van der Waals surface area contributed by atoms with Gasteiger partial charge in [-0.05, 0) is 24.5 Å². The summed E-state index contributed by atoms with van der Waals surface area (Å²) in [6, 6.07) is 13.7. The normalized spacial score (nSPS) is 14.7. The smallest absolute Gasteiger partial charge is 0.255 e. The van der Waals surface area contributed by atoms with Gasteiger partial charge >= 0.3 is 0 Å². The monoisotopic (exact) mass is 447 g/mol. The van der Waals surface area contributed by atoms with Gasteiger partial charge in [-0.15, -0.1) is 0 Å². The van der Waals surface area contributed by atoms with E-state index in [9.17, 15) is 5.11 Å². The van der Waals surface area contributed by atoms with Crippen molar-refractivity contribution in [1.29, 1.82) is 0 Å². The second kappa shape index (κ2) is 9.17. The fourth-order valence-corrected chi connectivity index (χ4v) is 4.83. The van der Waals surface area contributed by atoms with E-state index >= 15 is 0 Å². The van der Waals surface area contributed by atoms with Gasteiger partial charge in [0.1, 0.15) is 5.69 Å². The predicted molar refractivity (Wildman–Crippen MR) is 129 cm³/mol. The Kier molecular flexibility index (Phi) is 5.95. The molecule has 0 atom stereocenters. The number of aromatic amines is 1. The number of nitrogens with one attached hydrogen (secondary N) is 2. The largest absolute Gasteiger partial charge is 0.491 e. The van der Waals surface area contributed by atoms with Crippen molar-refractivity contribution in [3.8, 4) is 28.4 Å². The van der Waals surface area contributed by atoms with E-state index in [1.54, 1.807) is 6.20 Å². The molecule has 7 heteroatoms. The van der Waals surface area contributed by atoms with E-state index in [0.717, 1.165) is 40.9 Å². The number of aromatic nitrogens is 4. The molecule has 0 aliphatic heterocycles. The van der Waals surface area contributed by atoms with E-state index in [1.807, 2.05) is 42.5 Å². The van der Waals surface area contributed by atoms with Gasteiger partial charge in [0.2, 0.25) is 0 Å². The molecule has 1 aliphatic rings. The summed E-state index contributed by atoms with van der Waals surface area (Å²) in [6.45, 7) is 0.771. The van der Waals surface area contributed by atoms with Crippen LogP contribution in [0.25, 0.3) is 33.4 Å². The molecule has 2 aromatic carbocycles. The Balaban J connectivity index is 1.50. The lowest BCUT2D eigenvalue weighted by molar-refractivity contribution is 0.345. The van der Waals surface area contributed by atoms with Gasteiger partial charge < -0.3 is 10.4 Å². The third-order valence-electron chi connectivity index (χ3n) is 6.27. The van der Waals surface area contributed by atoms with Gasteiger partial charge in [-0.1, -0.05) is 74.0 Å². The molecule has 0 saturated heterocycles. The van der Waals surface area contributed by atoms with Crippen molar-refractivity contribution in [3.63, 3.8) is 0 Å². The maximum absolute atomic E-state index is 10.7. The number of benzene rings is 2. The number of H-pyrrole nitrogens is 1. The Hall–Kier alpha value is -3.12. The first kappa shape index (κ1) is 20.8. The summed E-state index contributed by atoms with van der Waals surface area (Å²) in [5.74, 6) is 1.06. The molecule has 6 nitrogen and oxygen atoms in total. The topological polar surface area (TPSA) is 86.7 Å². The highest BCUT2D eigenvalue weighted by atomic mass is 35.5. The molecule has 0 radical (unpaired) electrons. The zero-order valence-corrected chi connectivity index (χ0v) is 18.6. The Morgan fingerprint density at radius 2 is 1.78 bits per heavy atom. The first-order valence-corrected chi connectivity index (χ1v) is 11.6. The second-order valence-corrected chi connectivity index (χ2v) is 8.88. The Bertz CT molecular complexity index is 1220. The minimum Gasteiger partial charge on any atom is -0.491 e. The molecular formula is C25H26ClN5O. The SMILES string of the molecule is Oc1nc(-c2cc(Cl)c3[nH]ncc3c2)c(-c2ccccc2)nc1NCCC1CCCCC1. The number of aromatic hydroxyl groups is 1. The molecule has 3 N–H and O–H groups in total. The third kappa shape index (κ3) is 4.28. The summed E-state index contributed by atoms with van der Waals surface area (Å²) in [5.41, 5.74) is 3.75. The highest BCUT2D eigenvalue weighted by Gasteiger charge is 2.19. The van der Waals surface area contributed by atoms with Crippen molar-refractivity contribution >= 4 is 28.3 Å². The number of rotatable bonds is 6. The fourth-order valence-electron chi connectivity index (χ4n) is 4.57. The zero-order valence-electron chi connectivity index (χ0n) is 17.8. The Labute approximate surface area is 192 Å². The minimum absolute atomic E-state index is 0.105.